The molecule has 0 fully saturated rings. The Morgan fingerprint density at radius 1 is 1.04 bits per heavy atom. The number of amides is 1. The van der Waals surface area contributed by atoms with Gasteiger partial charge in [0.05, 0.1) is 10.7 Å². The fourth-order valence-electron chi connectivity index (χ4n) is 2.15. The largest absolute Gasteiger partial charge is 0.482 e. The maximum atomic E-state index is 12.4. The highest BCUT2D eigenvalue weighted by molar-refractivity contribution is 6.52. The number of ketones is 2. The van der Waals surface area contributed by atoms with Crippen molar-refractivity contribution in [2.45, 2.75) is 0 Å². The lowest BCUT2D eigenvalue weighted by atomic mass is 10.0. The molecule has 1 N–H and O–H groups in total. The van der Waals surface area contributed by atoms with E-state index in [4.69, 9.17) is 27.9 Å². The second-order valence-electron chi connectivity index (χ2n) is 4.83. The van der Waals surface area contributed by atoms with Crippen LogP contribution in [0.4, 0.5) is 5.69 Å². The zero-order valence-electron chi connectivity index (χ0n) is 11.6. The van der Waals surface area contributed by atoms with Crippen molar-refractivity contribution in [2.75, 3.05) is 11.9 Å². The predicted molar refractivity (Wildman–Crippen MR) is 85.7 cm³/mol. The van der Waals surface area contributed by atoms with Crippen molar-refractivity contribution in [1.29, 1.82) is 0 Å². The number of anilines is 1. The molecular weight excluding hydrogens is 341 g/mol. The molecule has 0 aliphatic carbocycles. The van der Waals surface area contributed by atoms with Gasteiger partial charge >= 0.3 is 0 Å². The van der Waals surface area contributed by atoms with Crippen LogP contribution in [0.2, 0.25) is 10.0 Å². The summed E-state index contributed by atoms with van der Waals surface area (Å²) in [7, 11) is 0. The molecule has 0 radical (unpaired) electrons. The summed E-state index contributed by atoms with van der Waals surface area (Å²) in [5, 5.41) is 3.05. The van der Waals surface area contributed by atoms with E-state index in [9.17, 15) is 14.4 Å². The minimum atomic E-state index is -0.755. The van der Waals surface area contributed by atoms with Gasteiger partial charge in [-0.15, -0.1) is 0 Å². The molecule has 2 aromatic carbocycles. The zero-order chi connectivity index (χ0) is 16.6. The molecule has 0 bridgehead atoms. The lowest BCUT2D eigenvalue weighted by Gasteiger charge is -2.18. The van der Waals surface area contributed by atoms with Gasteiger partial charge in [0.2, 0.25) is 11.6 Å². The third kappa shape index (κ3) is 3.06. The van der Waals surface area contributed by atoms with E-state index < -0.39 is 11.6 Å². The summed E-state index contributed by atoms with van der Waals surface area (Å²) in [5.41, 5.74) is 0.548. The van der Waals surface area contributed by atoms with Gasteiger partial charge in [0.25, 0.3) is 5.91 Å². The summed E-state index contributed by atoms with van der Waals surface area (Å²) < 4.78 is 5.20. The summed E-state index contributed by atoms with van der Waals surface area (Å²) in [6, 6.07) is 8.66. The Kier molecular flexibility index (Phi) is 4.07. The van der Waals surface area contributed by atoms with Crippen LogP contribution in [0.5, 0.6) is 5.75 Å². The van der Waals surface area contributed by atoms with Crippen LogP contribution < -0.4 is 10.1 Å². The van der Waals surface area contributed by atoms with Crippen LogP contribution in [-0.4, -0.2) is 24.1 Å². The molecule has 1 aliphatic heterocycles. The Bertz CT molecular complexity index is 848. The standard InChI is InChI=1S/C16H9Cl2NO4/c17-9-2-3-10(11(18)6-9)16(22)15(21)8-1-4-13-12(5-8)19-14(20)7-23-13/h1-6H,7H2,(H,19,20). The van der Waals surface area contributed by atoms with Crippen molar-refractivity contribution in [3.63, 3.8) is 0 Å². The number of carbonyl (C=O) groups excluding carboxylic acids is 3. The zero-order valence-corrected chi connectivity index (χ0v) is 13.1. The highest BCUT2D eigenvalue weighted by Crippen LogP contribution is 2.29. The fraction of sp³-hybridized carbons (Fsp3) is 0.0625. The molecule has 0 saturated carbocycles. The molecule has 23 heavy (non-hydrogen) atoms. The first-order chi connectivity index (χ1) is 11.0. The first-order valence-corrected chi connectivity index (χ1v) is 7.32. The summed E-state index contributed by atoms with van der Waals surface area (Å²) in [6.45, 7) is -0.0837. The van der Waals surface area contributed by atoms with Gasteiger partial charge in [0, 0.05) is 16.1 Å². The van der Waals surface area contributed by atoms with Crippen molar-refractivity contribution in [3.05, 3.63) is 57.6 Å². The fourth-order valence-corrected chi connectivity index (χ4v) is 2.65. The summed E-state index contributed by atoms with van der Waals surface area (Å²) in [6.07, 6.45) is 0. The van der Waals surface area contributed by atoms with Crippen molar-refractivity contribution in [2.24, 2.45) is 0 Å². The quantitative estimate of drug-likeness (QED) is 0.680. The van der Waals surface area contributed by atoms with Gasteiger partial charge < -0.3 is 10.1 Å². The normalized spacial score (nSPS) is 12.9. The Hall–Kier alpha value is -2.37. The van der Waals surface area contributed by atoms with Crippen LogP contribution in [0.15, 0.2) is 36.4 Å². The number of hydrogen-bond donors (Lipinski definition) is 1. The molecular formula is C16H9Cl2NO4. The lowest BCUT2D eigenvalue weighted by Crippen LogP contribution is -2.25. The number of Topliss-reactive ketones (excluding diaryl/α,β-unsaturated/α-hetero) is 2. The second-order valence-corrected chi connectivity index (χ2v) is 5.67. The van der Waals surface area contributed by atoms with Gasteiger partial charge in [-0.1, -0.05) is 23.2 Å². The molecule has 5 nitrogen and oxygen atoms in total. The van der Waals surface area contributed by atoms with E-state index in [0.717, 1.165) is 0 Å². The number of rotatable bonds is 3. The number of benzene rings is 2. The van der Waals surface area contributed by atoms with Crippen LogP contribution in [-0.2, 0) is 4.79 Å². The number of carbonyl (C=O) groups is 3. The van der Waals surface area contributed by atoms with E-state index >= 15 is 0 Å². The summed E-state index contributed by atoms with van der Waals surface area (Å²) in [4.78, 5) is 36.0. The van der Waals surface area contributed by atoms with Crippen molar-refractivity contribution >= 4 is 46.4 Å². The topological polar surface area (TPSA) is 72.5 Å². The van der Waals surface area contributed by atoms with Crippen LogP contribution in [0.25, 0.3) is 0 Å². The Morgan fingerprint density at radius 2 is 1.83 bits per heavy atom. The average Bonchev–Trinajstić information content (AvgIpc) is 2.53. The number of hydrogen-bond acceptors (Lipinski definition) is 4. The Labute approximate surface area is 141 Å². The molecule has 3 rings (SSSR count). The molecule has 0 saturated heterocycles. The highest BCUT2D eigenvalue weighted by atomic mass is 35.5. The van der Waals surface area contributed by atoms with E-state index in [0.29, 0.717) is 16.5 Å². The van der Waals surface area contributed by atoms with E-state index in [1.54, 1.807) is 0 Å². The number of fused-ring (bicyclic) bond motifs is 1. The average molecular weight is 350 g/mol. The number of halogens is 2. The number of ether oxygens (including phenoxy) is 1. The predicted octanol–water partition coefficient (Wildman–Crippen LogP) is 3.39. The molecule has 7 heteroatoms. The van der Waals surface area contributed by atoms with E-state index in [1.807, 2.05) is 0 Å². The Balaban J connectivity index is 1.92. The van der Waals surface area contributed by atoms with Crippen LogP contribution in [0.1, 0.15) is 20.7 Å². The van der Waals surface area contributed by atoms with Crippen molar-refractivity contribution in [3.8, 4) is 5.75 Å². The molecule has 0 aromatic heterocycles. The Morgan fingerprint density at radius 3 is 2.57 bits per heavy atom. The first-order valence-electron chi connectivity index (χ1n) is 6.56. The van der Waals surface area contributed by atoms with Crippen molar-refractivity contribution < 1.29 is 19.1 Å². The second kappa shape index (κ2) is 6.02. The molecule has 116 valence electrons. The lowest BCUT2D eigenvalue weighted by molar-refractivity contribution is -0.118. The maximum absolute atomic E-state index is 12.4. The smallest absolute Gasteiger partial charge is 0.262 e. The van der Waals surface area contributed by atoms with E-state index in [1.165, 1.54) is 36.4 Å². The maximum Gasteiger partial charge on any atom is 0.262 e. The van der Waals surface area contributed by atoms with Crippen LogP contribution in [0.3, 0.4) is 0 Å². The molecule has 0 atom stereocenters. The molecule has 0 spiro atoms. The van der Waals surface area contributed by atoms with Gasteiger partial charge in [-0.3, -0.25) is 14.4 Å². The summed E-state index contributed by atoms with van der Waals surface area (Å²) >= 11 is 11.7. The van der Waals surface area contributed by atoms with Crippen LogP contribution >= 0.6 is 23.2 Å². The first kappa shape index (κ1) is 15.5. The molecule has 1 aliphatic rings. The van der Waals surface area contributed by atoms with Crippen molar-refractivity contribution in [1.82, 2.24) is 0 Å². The number of nitrogens with one attached hydrogen (secondary N) is 1. The van der Waals surface area contributed by atoms with Gasteiger partial charge in [-0.2, -0.15) is 0 Å². The third-order valence-electron chi connectivity index (χ3n) is 3.26. The monoisotopic (exact) mass is 349 g/mol. The highest BCUT2D eigenvalue weighted by Gasteiger charge is 2.23. The third-order valence-corrected chi connectivity index (χ3v) is 3.80. The minimum Gasteiger partial charge on any atom is -0.482 e. The minimum absolute atomic E-state index is 0.0686. The van der Waals surface area contributed by atoms with Gasteiger partial charge in [-0.25, -0.2) is 0 Å². The molecule has 1 heterocycles. The van der Waals surface area contributed by atoms with Gasteiger partial charge in [0.15, 0.2) is 6.61 Å². The SMILES string of the molecule is O=C1COc2ccc(C(=O)C(=O)c3ccc(Cl)cc3Cl)cc2N1. The van der Waals surface area contributed by atoms with Gasteiger partial charge in [0.1, 0.15) is 5.75 Å². The van der Waals surface area contributed by atoms with E-state index in [2.05, 4.69) is 5.32 Å². The van der Waals surface area contributed by atoms with Gasteiger partial charge in [-0.05, 0) is 36.4 Å². The summed E-state index contributed by atoms with van der Waals surface area (Å²) in [5.74, 6) is -1.38. The molecule has 2 aromatic rings. The molecule has 0 unspecified atom stereocenters. The van der Waals surface area contributed by atoms with Crippen LogP contribution in [0, 0.1) is 0 Å². The molecule has 1 amide bonds. The van der Waals surface area contributed by atoms with E-state index in [-0.39, 0.29) is 28.7 Å².